The molecule has 9 nitrogen and oxygen atoms in total. The van der Waals surface area contributed by atoms with Crippen LogP contribution < -0.4 is 14.8 Å². The van der Waals surface area contributed by atoms with Crippen molar-refractivity contribution in [2.75, 3.05) is 40.0 Å². The lowest BCUT2D eigenvalue weighted by Crippen LogP contribution is -2.52. The Hall–Kier alpha value is -2.08. The van der Waals surface area contributed by atoms with E-state index in [0.717, 1.165) is 62.6 Å². The standard InChI is InChI=1S/C19H27N7O2.HI/c1-3-25-13-22-23-18(25)11-21-19(20-2)26-8-6-24(7-9-26)12-15-4-5-16-17(10-15)28-14-27-16;/h4-5,10,13H,3,6-9,11-12,14H2,1-2H3,(H,20,21);1H. The lowest BCUT2D eigenvalue weighted by molar-refractivity contribution is 0.171. The number of aliphatic imine (C=N–C) groups is 1. The van der Waals surface area contributed by atoms with Crippen molar-refractivity contribution < 1.29 is 9.47 Å². The zero-order valence-corrected chi connectivity index (χ0v) is 19.2. The van der Waals surface area contributed by atoms with Gasteiger partial charge in [-0.15, -0.1) is 34.2 Å². The van der Waals surface area contributed by atoms with Gasteiger partial charge < -0.3 is 24.3 Å². The fraction of sp³-hybridized carbons (Fsp3) is 0.526. The highest BCUT2D eigenvalue weighted by Crippen LogP contribution is 2.32. The molecule has 29 heavy (non-hydrogen) atoms. The number of aryl methyl sites for hydroxylation is 1. The molecule has 0 saturated carbocycles. The summed E-state index contributed by atoms with van der Waals surface area (Å²) < 4.78 is 12.9. The molecule has 0 aliphatic carbocycles. The second-order valence-corrected chi connectivity index (χ2v) is 6.88. The summed E-state index contributed by atoms with van der Waals surface area (Å²) in [5.74, 6) is 3.52. The number of hydrogen-bond donors (Lipinski definition) is 1. The first-order valence-electron chi connectivity index (χ1n) is 9.70. The Bertz CT molecular complexity index is 834. The third-order valence-electron chi connectivity index (χ3n) is 5.17. The molecule has 1 aromatic carbocycles. The quantitative estimate of drug-likeness (QED) is 0.369. The predicted molar refractivity (Wildman–Crippen MR) is 121 cm³/mol. The number of benzene rings is 1. The van der Waals surface area contributed by atoms with Crippen LogP contribution in [0.3, 0.4) is 0 Å². The summed E-state index contributed by atoms with van der Waals surface area (Å²) in [4.78, 5) is 9.19. The predicted octanol–water partition coefficient (Wildman–Crippen LogP) is 1.54. The Morgan fingerprint density at radius 2 is 1.97 bits per heavy atom. The molecule has 0 amide bonds. The number of fused-ring (bicyclic) bond motifs is 1. The monoisotopic (exact) mass is 513 g/mol. The molecule has 2 aliphatic rings. The van der Waals surface area contributed by atoms with Crippen molar-refractivity contribution in [3.05, 3.63) is 35.9 Å². The Morgan fingerprint density at radius 1 is 1.17 bits per heavy atom. The largest absolute Gasteiger partial charge is 0.454 e. The zero-order valence-electron chi connectivity index (χ0n) is 16.9. The highest BCUT2D eigenvalue weighted by Gasteiger charge is 2.21. The first kappa shape index (κ1) is 21.6. The lowest BCUT2D eigenvalue weighted by Gasteiger charge is -2.36. The molecule has 0 bridgehead atoms. The normalized spacial score (nSPS) is 16.6. The maximum atomic E-state index is 5.48. The van der Waals surface area contributed by atoms with E-state index < -0.39 is 0 Å². The smallest absolute Gasteiger partial charge is 0.231 e. The van der Waals surface area contributed by atoms with Crippen LogP contribution in [-0.2, 0) is 19.6 Å². The molecule has 0 radical (unpaired) electrons. The van der Waals surface area contributed by atoms with E-state index in [1.165, 1.54) is 5.56 Å². The molecule has 1 N–H and O–H groups in total. The van der Waals surface area contributed by atoms with Gasteiger partial charge in [-0.25, -0.2) is 0 Å². The number of aromatic nitrogens is 3. The van der Waals surface area contributed by atoms with E-state index in [-0.39, 0.29) is 24.0 Å². The van der Waals surface area contributed by atoms with E-state index >= 15 is 0 Å². The number of nitrogens with zero attached hydrogens (tertiary/aromatic N) is 6. The van der Waals surface area contributed by atoms with Gasteiger partial charge in [0, 0.05) is 46.3 Å². The number of piperazine rings is 1. The summed E-state index contributed by atoms with van der Waals surface area (Å²) in [5.41, 5.74) is 1.25. The van der Waals surface area contributed by atoms with Crippen molar-refractivity contribution >= 4 is 29.9 Å². The summed E-state index contributed by atoms with van der Waals surface area (Å²) in [6, 6.07) is 6.19. The second kappa shape index (κ2) is 10.1. The minimum absolute atomic E-state index is 0. The average molecular weight is 513 g/mol. The van der Waals surface area contributed by atoms with Crippen LogP contribution in [-0.4, -0.2) is 70.5 Å². The Morgan fingerprint density at radius 3 is 2.72 bits per heavy atom. The SMILES string of the molecule is CCn1cnnc1CNC(=NC)N1CCN(Cc2ccc3c(c2)OCO3)CC1.I. The van der Waals surface area contributed by atoms with E-state index in [4.69, 9.17) is 9.47 Å². The molecule has 4 rings (SSSR count). The fourth-order valence-corrected chi connectivity index (χ4v) is 3.59. The van der Waals surface area contributed by atoms with Gasteiger partial charge >= 0.3 is 0 Å². The van der Waals surface area contributed by atoms with Crippen molar-refractivity contribution in [3.8, 4) is 11.5 Å². The summed E-state index contributed by atoms with van der Waals surface area (Å²) in [6.45, 7) is 8.64. The van der Waals surface area contributed by atoms with E-state index in [2.05, 4.69) is 49.4 Å². The first-order chi connectivity index (χ1) is 13.8. The molecular formula is C19H28IN7O2. The summed E-state index contributed by atoms with van der Waals surface area (Å²) in [6.07, 6.45) is 1.76. The van der Waals surface area contributed by atoms with Crippen LogP contribution >= 0.6 is 24.0 Å². The number of halogens is 1. The van der Waals surface area contributed by atoms with Crippen LogP contribution in [0, 0.1) is 0 Å². The first-order valence-corrected chi connectivity index (χ1v) is 9.70. The van der Waals surface area contributed by atoms with Gasteiger partial charge in [-0.3, -0.25) is 9.89 Å². The summed E-state index contributed by atoms with van der Waals surface area (Å²) in [7, 11) is 1.83. The van der Waals surface area contributed by atoms with Crippen LogP contribution in [0.5, 0.6) is 11.5 Å². The van der Waals surface area contributed by atoms with Gasteiger partial charge in [-0.2, -0.15) is 0 Å². The zero-order chi connectivity index (χ0) is 19.3. The van der Waals surface area contributed by atoms with E-state index in [1.807, 2.05) is 17.7 Å². The molecule has 2 aromatic rings. The highest BCUT2D eigenvalue weighted by atomic mass is 127. The maximum absolute atomic E-state index is 5.48. The van der Waals surface area contributed by atoms with E-state index in [9.17, 15) is 0 Å². The van der Waals surface area contributed by atoms with Crippen molar-refractivity contribution in [2.24, 2.45) is 4.99 Å². The molecule has 158 valence electrons. The Labute approximate surface area is 188 Å². The number of nitrogens with one attached hydrogen (secondary N) is 1. The summed E-state index contributed by atoms with van der Waals surface area (Å²) >= 11 is 0. The van der Waals surface area contributed by atoms with Gasteiger partial charge in [0.1, 0.15) is 6.33 Å². The molecular weight excluding hydrogens is 485 g/mol. The van der Waals surface area contributed by atoms with Crippen LogP contribution in [0.15, 0.2) is 29.5 Å². The van der Waals surface area contributed by atoms with E-state index in [1.54, 1.807) is 6.33 Å². The van der Waals surface area contributed by atoms with Crippen molar-refractivity contribution in [1.82, 2.24) is 29.9 Å². The minimum Gasteiger partial charge on any atom is -0.454 e. The molecule has 0 spiro atoms. The van der Waals surface area contributed by atoms with Gasteiger partial charge in [-0.1, -0.05) is 6.07 Å². The van der Waals surface area contributed by atoms with E-state index in [0.29, 0.717) is 13.3 Å². The molecule has 1 saturated heterocycles. The Kier molecular flexibility index (Phi) is 7.53. The van der Waals surface area contributed by atoms with Crippen LogP contribution in [0.25, 0.3) is 0 Å². The Balaban J connectivity index is 0.00000240. The van der Waals surface area contributed by atoms with Gasteiger partial charge in [0.2, 0.25) is 6.79 Å². The third kappa shape index (κ3) is 5.10. The van der Waals surface area contributed by atoms with Gasteiger partial charge in [0.25, 0.3) is 0 Å². The minimum atomic E-state index is 0. The molecule has 1 aromatic heterocycles. The van der Waals surface area contributed by atoms with Crippen molar-refractivity contribution in [2.45, 2.75) is 26.6 Å². The van der Waals surface area contributed by atoms with Crippen molar-refractivity contribution in [1.29, 1.82) is 0 Å². The number of rotatable bonds is 5. The number of ether oxygens (including phenoxy) is 2. The topological polar surface area (TPSA) is 80.0 Å². The molecule has 2 aliphatic heterocycles. The fourth-order valence-electron chi connectivity index (χ4n) is 3.59. The number of guanidine groups is 1. The molecule has 0 unspecified atom stereocenters. The van der Waals surface area contributed by atoms with Crippen LogP contribution in [0.4, 0.5) is 0 Å². The summed E-state index contributed by atoms with van der Waals surface area (Å²) in [5, 5.41) is 11.6. The van der Waals surface area contributed by atoms with Gasteiger partial charge in [0.15, 0.2) is 23.3 Å². The molecule has 0 atom stereocenters. The van der Waals surface area contributed by atoms with Crippen molar-refractivity contribution in [3.63, 3.8) is 0 Å². The second-order valence-electron chi connectivity index (χ2n) is 6.88. The van der Waals surface area contributed by atoms with Gasteiger partial charge in [-0.05, 0) is 24.6 Å². The lowest BCUT2D eigenvalue weighted by atomic mass is 10.1. The highest BCUT2D eigenvalue weighted by molar-refractivity contribution is 14.0. The van der Waals surface area contributed by atoms with Gasteiger partial charge in [0.05, 0.1) is 6.54 Å². The maximum Gasteiger partial charge on any atom is 0.231 e. The molecule has 3 heterocycles. The molecule has 10 heteroatoms. The third-order valence-corrected chi connectivity index (χ3v) is 5.17. The molecule has 1 fully saturated rings. The van der Waals surface area contributed by atoms with Crippen LogP contribution in [0.1, 0.15) is 18.3 Å². The number of hydrogen-bond acceptors (Lipinski definition) is 6. The average Bonchev–Trinajstić information content (AvgIpc) is 3.38. The van der Waals surface area contributed by atoms with Crippen LogP contribution in [0.2, 0.25) is 0 Å².